The fraction of sp³-hybridized carbons (Fsp3) is 0.167. The Bertz CT molecular complexity index is 576. The largest absolute Gasteiger partial charge is 0.424 e. The van der Waals surface area contributed by atoms with E-state index in [1.807, 2.05) is 0 Å². The highest BCUT2D eigenvalue weighted by Crippen LogP contribution is 2.28. The zero-order chi connectivity index (χ0) is 13.1. The van der Waals surface area contributed by atoms with Gasteiger partial charge in [-0.15, -0.1) is 0 Å². The van der Waals surface area contributed by atoms with Crippen LogP contribution in [0, 0.1) is 6.92 Å². The van der Waals surface area contributed by atoms with E-state index in [1.165, 1.54) is 6.20 Å². The lowest BCUT2D eigenvalue weighted by Gasteiger charge is -2.07. The van der Waals surface area contributed by atoms with Crippen LogP contribution in [0.5, 0.6) is 11.8 Å². The van der Waals surface area contributed by atoms with Crippen molar-refractivity contribution in [2.45, 2.75) is 13.5 Å². The number of aliphatic hydroxyl groups is 1. The number of hydrogen-bond donors (Lipinski definition) is 1. The molecule has 0 saturated heterocycles. The molecule has 2 rings (SSSR count). The van der Waals surface area contributed by atoms with Crippen LogP contribution in [0.25, 0.3) is 0 Å². The zero-order valence-corrected chi connectivity index (χ0v) is 11.0. The second kappa shape index (κ2) is 5.52. The molecule has 0 atom stereocenters. The van der Waals surface area contributed by atoms with Gasteiger partial charge in [0.1, 0.15) is 5.75 Å². The molecule has 18 heavy (non-hydrogen) atoms. The quantitative estimate of drug-likeness (QED) is 0.939. The molecule has 0 radical (unpaired) electrons. The highest BCUT2D eigenvalue weighted by molar-refractivity contribution is 6.42. The molecule has 1 aromatic carbocycles. The minimum Gasteiger partial charge on any atom is -0.424 e. The van der Waals surface area contributed by atoms with Crippen LogP contribution in [0.1, 0.15) is 11.3 Å². The Labute approximate surface area is 114 Å². The van der Waals surface area contributed by atoms with Gasteiger partial charge in [-0.3, -0.25) is 0 Å². The molecule has 0 aliphatic carbocycles. The average Bonchev–Trinajstić information content (AvgIpc) is 2.34. The summed E-state index contributed by atoms with van der Waals surface area (Å²) in [5.74, 6) is 0.501. The first kappa shape index (κ1) is 13.1. The van der Waals surface area contributed by atoms with Crippen LogP contribution in [-0.2, 0) is 6.61 Å². The molecule has 0 saturated carbocycles. The van der Waals surface area contributed by atoms with E-state index in [4.69, 9.17) is 33.0 Å². The lowest BCUT2D eigenvalue weighted by atomic mass is 10.3. The van der Waals surface area contributed by atoms with Gasteiger partial charge in [0.25, 0.3) is 0 Å². The summed E-state index contributed by atoms with van der Waals surface area (Å²) in [5, 5.41) is 9.87. The summed E-state index contributed by atoms with van der Waals surface area (Å²) >= 11 is 11.7. The Kier molecular flexibility index (Phi) is 4.01. The normalized spacial score (nSPS) is 10.4. The Morgan fingerprint density at radius 3 is 2.67 bits per heavy atom. The standard InChI is InChI=1S/C12H10Cl2N2O2/c1-7-8(6-17)5-15-12(16-7)18-9-2-3-10(13)11(14)4-9/h2-5,17H,6H2,1H3. The molecule has 0 fully saturated rings. The molecule has 2 aromatic rings. The smallest absolute Gasteiger partial charge is 0.322 e. The first-order chi connectivity index (χ1) is 8.60. The van der Waals surface area contributed by atoms with Crippen molar-refractivity contribution in [2.75, 3.05) is 0 Å². The van der Waals surface area contributed by atoms with Crippen molar-refractivity contribution in [2.24, 2.45) is 0 Å². The molecule has 1 heterocycles. The monoisotopic (exact) mass is 284 g/mol. The SMILES string of the molecule is Cc1nc(Oc2ccc(Cl)c(Cl)c2)ncc1CO. The third-order valence-electron chi connectivity index (χ3n) is 2.33. The van der Waals surface area contributed by atoms with Crippen molar-refractivity contribution in [1.29, 1.82) is 0 Å². The molecular formula is C12H10Cl2N2O2. The van der Waals surface area contributed by atoms with E-state index in [2.05, 4.69) is 9.97 Å². The lowest BCUT2D eigenvalue weighted by Crippen LogP contribution is -1.98. The minimum absolute atomic E-state index is 0.0983. The number of aliphatic hydroxyl groups excluding tert-OH is 1. The average molecular weight is 285 g/mol. The second-order valence-corrected chi connectivity index (χ2v) is 4.41. The van der Waals surface area contributed by atoms with Crippen molar-refractivity contribution in [3.63, 3.8) is 0 Å². The topological polar surface area (TPSA) is 55.2 Å². The summed E-state index contributed by atoms with van der Waals surface area (Å²) in [4.78, 5) is 8.11. The van der Waals surface area contributed by atoms with E-state index < -0.39 is 0 Å². The predicted molar refractivity (Wildman–Crippen MR) is 69.2 cm³/mol. The van der Waals surface area contributed by atoms with Crippen molar-refractivity contribution in [1.82, 2.24) is 9.97 Å². The first-order valence-electron chi connectivity index (χ1n) is 5.16. The molecule has 1 N–H and O–H groups in total. The Balaban J connectivity index is 2.23. The number of ether oxygens (including phenoxy) is 1. The van der Waals surface area contributed by atoms with Gasteiger partial charge in [-0.05, 0) is 19.1 Å². The summed E-state index contributed by atoms with van der Waals surface area (Å²) in [6, 6.07) is 5.09. The minimum atomic E-state index is -0.0983. The van der Waals surface area contributed by atoms with Crippen LogP contribution in [0.4, 0.5) is 0 Å². The van der Waals surface area contributed by atoms with E-state index >= 15 is 0 Å². The van der Waals surface area contributed by atoms with Crippen molar-refractivity contribution in [3.05, 3.63) is 45.7 Å². The van der Waals surface area contributed by atoms with E-state index in [1.54, 1.807) is 25.1 Å². The molecule has 0 aliphatic rings. The molecule has 0 spiro atoms. The van der Waals surface area contributed by atoms with E-state index in [9.17, 15) is 0 Å². The molecule has 0 aliphatic heterocycles. The summed E-state index contributed by atoms with van der Waals surface area (Å²) in [6.45, 7) is 1.67. The van der Waals surface area contributed by atoms with Gasteiger partial charge < -0.3 is 9.84 Å². The van der Waals surface area contributed by atoms with Crippen molar-refractivity contribution < 1.29 is 9.84 Å². The van der Waals surface area contributed by atoms with Gasteiger partial charge in [0.15, 0.2) is 0 Å². The highest BCUT2D eigenvalue weighted by Gasteiger charge is 2.06. The van der Waals surface area contributed by atoms with Gasteiger partial charge in [-0.2, -0.15) is 4.98 Å². The van der Waals surface area contributed by atoms with Gasteiger partial charge in [0.2, 0.25) is 0 Å². The molecule has 6 heteroatoms. The molecule has 0 bridgehead atoms. The molecule has 0 unspecified atom stereocenters. The number of benzene rings is 1. The van der Waals surface area contributed by atoms with E-state index in [-0.39, 0.29) is 12.6 Å². The highest BCUT2D eigenvalue weighted by atomic mass is 35.5. The lowest BCUT2D eigenvalue weighted by molar-refractivity contribution is 0.279. The second-order valence-electron chi connectivity index (χ2n) is 3.60. The van der Waals surface area contributed by atoms with Gasteiger partial charge in [0.05, 0.1) is 22.3 Å². The fourth-order valence-electron chi connectivity index (χ4n) is 1.32. The summed E-state index contributed by atoms with van der Waals surface area (Å²) in [5.41, 5.74) is 1.33. The molecule has 94 valence electrons. The number of rotatable bonds is 3. The predicted octanol–water partition coefficient (Wildman–Crippen LogP) is 3.38. The van der Waals surface area contributed by atoms with Crippen LogP contribution >= 0.6 is 23.2 Å². The molecule has 4 nitrogen and oxygen atoms in total. The zero-order valence-electron chi connectivity index (χ0n) is 9.52. The van der Waals surface area contributed by atoms with E-state index in [0.29, 0.717) is 27.1 Å². The maximum absolute atomic E-state index is 9.01. The number of aromatic nitrogens is 2. The third kappa shape index (κ3) is 2.90. The Hall–Kier alpha value is -1.36. The molecular weight excluding hydrogens is 275 g/mol. The summed E-state index contributed by atoms with van der Waals surface area (Å²) in [6.07, 6.45) is 1.52. The number of halogens is 2. The first-order valence-corrected chi connectivity index (χ1v) is 5.92. The third-order valence-corrected chi connectivity index (χ3v) is 3.07. The maximum Gasteiger partial charge on any atom is 0.322 e. The molecule has 0 amide bonds. The van der Waals surface area contributed by atoms with Crippen LogP contribution in [0.15, 0.2) is 24.4 Å². The summed E-state index contributed by atoms with van der Waals surface area (Å²) < 4.78 is 5.45. The van der Waals surface area contributed by atoms with Crippen molar-refractivity contribution >= 4 is 23.2 Å². The van der Waals surface area contributed by atoms with Gasteiger partial charge in [0, 0.05) is 17.8 Å². The number of nitrogens with zero attached hydrogens (tertiary/aromatic N) is 2. The summed E-state index contributed by atoms with van der Waals surface area (Å²) in [7, 11) is 0. The van der Waals surface area contributed by atoms with Crippen LogP contribution in [0.3, 0.4) is 0 Å². The number of aryl methyl sites for hydroxylation is 1. The van der Waals surface area contributed by atoms with E-state index in [0.717, 1.165) is 0 Å². The van der Waals surface area contributed by atoms with Crippen LogP contribution < -0.4 is 4.74 Å². The van der Waals surface area contributed by atoms with Gasteiger partial charge in [-0.1, -0.05) is 23.2 Å². The fourth-order valence-corrected chi connectivity index (χ4v) is 1.61. The van der Waals surface area contributed by atoms with Crippen molar-refractivity contribution in [3.8, 4) is 11.8 Å². The van der Waals surface area contributed by atoms with Gasteiger partial charge >= 0.3 is 6.01 Å². The number of hydrogen-bond acceptors (Lipinski definition) is 4. The Morgan fingerprint density at radius 2 is 2.06 bits per heavy atom. The van der Waals surface area contributed by atoms with Gasteiger partial charge in [-0.25, -0.2) is 4.98 Å². The van der Waals surface area contributed by atoms with Crippen LogP contribution in [-0.4, -0.2) is 15.1 Å². The Morgan fingerprint density at radius 1 is 1.28 bits per heavy atom. The van der Waals surface area contributed by atoms with Crippen LogP contribution in [0.2, 0.25) is 10.0 Å². The maximum atomic E-state index is 9.01. The molecule has 1 aromatic heterocycles.